The van der Waals surface area contributed by atoms with Gasteiger partial charge in [0.05, 0.1) is 12.2 Å². The quantitative estimate of drug-likeness (QED) is 0.909. The minimum Gasteiger partial charge on any atom is -0.493 e. The lowest BCUT2D eigenvalue weighted by Crippen LogP contribution is -2.32. The molecule has 0 aliphatic carbocycles. The first-order valence-corrected chi connectivity index (χ1v) is 7.08. The van der Waals surface area contributed by atoms with E-state index in [4.69, 9.17) is 15.2 Å². The van der Waals surface area contributed by atoms with Gasteiger partial charge in [0.2, 0.25) is 0 Å². The van der Waals surface area contributed by atoms with E-state index in [9.17, 15) is 13.2 Å². The molecule has 0 aromatic heterocycles. The van der Waals surface area contributed by atoms with Gasteiger partial charge in [-0.25, -0.2) is 0 Å². The Bertz CT molecular complexity index is 445. The standard InChI is InChI=1S/C15H20F3NO2/c16-15(17,18)13-2-1-3-14(8-13)21-10-12(9-19)11-4-6-20-7-5-11/h1-3,8,11-12H,4-7,9-10,19H2. The summed E-state index contributed by atoms with van der Waals surface area (Å²) in [6.07, 6.45) is -2.50. The van der Waals surface area contributed by atoms with Crippen molar-refractivity contribution in [3.05, 3.63) is 29.8 Å². The van der Waals surface area contributed by atoms with Crippen molar-refractivity contribution in [2.45, 2.75) is 19.0 Å². The van der Waals surface area contributed by atoms with Gasteiger partial charge < -0.3 is 15.2 Å². The second-order valence-electron chi connectivity index (χ2n) is 5.28. The van der Waals surface area contributed by atoms with Crippen LogP contribution in [0.3, 0.4) is 0 Å². The minimum absolute atomic E-state index is 0.142. The van der Waals surface area contributed by atoms with Crippen LogP contribution in [0.5, 0.6) is 5.75 Å². The first-order valence-electron chi connectivity index (χ1n) is 7.08. The SMILES string of the molecule is NCC(COc1cccc(C(F)(F)F)c1)C1CCOCC1. The average molecular weight is 303 g/mol. The summed E-state index contributed by atoms with van der Waals surface area (Å²) >= 11 is 0. The fourth-order valence-electron chi connectivity index (χ4n) is 2.55. The third kappa shape index (κ3) is 4.61. The topological polar surface area (TPSA) is 44.5 Å². The monoisotopic (exact) mass is 303 g/mol. The maximum Gasteiger partial charge on any atom is 0.416 e. The van der Waals surface area contributed by atoms with Crippen LogP contribution in [0.25, 0.3) is 0 Å². The minimum atomic E-state index is -4.35. The van der Waals surface area contributed by atoms with Crippen LogP contribution in [-0.2, 0) is 10.9 Å². The summed E-state index contributed by atoms with van der Waals surface area (Å²) in [6, 6.07) is 4.94. The molecule has 0 radical (unpaired) electrons. The third-order valence-electron chi connectivity index (χ3n) is 3.86. The van der Waals surface area contributed by atoms with E-state index < -0.39 is 11.7 Å². The molecule has 1 heterocycles. The van der Waals surface area contributed by atoms with Crippen molar-refractivity contribution >= 4 is 0 Å². The molecule has 0 saturated carbocycles. The molecule has 0 amide bonds. The van der Waals surface area contributed by atoms with E-state index in [0.717, 1.165) is 25.0 Å². The Morgan fingerprint density at radius 2 is 2.00 bits per heavy atom. The smallest absolute Gasteiger partial charge is 0.416 e. The Morgan fingerprint density at radius 3 is 2.62 bits per heavy atom. The van der Waals surface area contributed by atoms with Crippen LogP contribution in [0.15, 0.2) is 24.3 Å². The maximum atomic E-state index is 12.6. The molecule has 1 aliphatic rings. The van der Waals surface area contributed by atoms with Gasteiger partial charge in [-0.2, -0.15) is 13.2 Å². The first-order chi connectivity index (χ1) is 10.0. The summed E-state index contributed by atoms with van der Waals surface area (Å²) < 4.78 is 48.7. The lowest BCUT2D eigenvalue weighted by Gasteiger charge is -2.29. The van der Waals surface area contributed by atoms with E-state index >= 15 is 0 Å². The summed E-state index contributed by atoms with van der Waals surface area (Å²) in [5.41, 5.74) is 5.07. The van der Waals surface area contributed by atoms with E-state index in [2.05, 4.69) is 0 Å². The van der Waals surface area contributed by atoms with E-state index in [-0.39, 0.29) is 11.7 Å². The number of hydrogen-bond donors (Lipinski definition) is 1. The summed E-state index contributed by atoms with van der Waals surface area (Å²) in [6.45, 7) is 2.22. The molecule has 2 rings (SSSR count). The van der Waals surface area contributed by atoms with Crippen molar-refractivity contribution in [2.24, 2.45) is 17.6 Å². The molecule has 3 nitrogen and oxygen atoms in total. The van der Waals surface area contributed by atoms with Gasteiger partial charge in [0.25, 0.3) is 0 Å². The second kappa shape index (κ2) is 7.13. The Labute approximate surface area is 122 Å². The van der Waals surface area contributed by atoms with Crippen LogP contribution in [0.1, 0.15) is 18.4 Å². The number of nitrogens with two attached hydrogens (primary N) is 1. The number of rotatable bonds is 5. The van der Waals surface area contributed by atoms with Gasteiger partial charge in [0, 0.05) is 19.1 Å². The first kappa shape index (κ1) is 16.1. The molecule has 118 valence electrons. The van der Waals surface area contributed by atoms with Crippen molar-refractivity contribution in [2.75, 3.05) is 26.4 Å². The molecule has 21 heavy (non-hydrogen) atoms. The lowest BCUT2D eigenvalue weighted by molar-refractivity contribution is -0.137. The largest absolute Gasteiger partial charge is 0.493 e. The normalized spacial score (nSPS) is 18.5. The van der Waals surface area contributed by atoms with Crippen LogP contribution < -0.4 is 10.5 Å². The second-order valence-corrected chi connectivity index (χ2v) is 5.28. The van der Waals surface area contributed by atoms with Gasteiger partial charge >= 0.3 is 6.18 Å². The van der Waals surface area contributed by atoms with Crippen LogP contribution in [0.2, 0.25) is 0 Å². The average Bonchev–Trinajstić information content (AvgIpc) is 2.48. The maximum absolute atomic E-state index is 12.6. The number of halogens is 3. The fraction of sp³-hybridized carbons (Fsp3) is 0.600. The Hall–Kier alpha value is -1.27. The van der Waals surface area contributed by atoms with Gasteiger partial charge in [-0.3, -0.25) is 0 Å². The van der Waals surface area contributed by atoms with E-state index in [1.165, 1.54) is 12.1 Å². The van der Waals surface area contributed by atoms with Crippen molar-refractivity contribution in [1.82, 2.24) is 0 Å². The molecule has 2 N–H and O–H groups in total. The third-order valence-corrected chi connectivity index (χ3v) is 3.86. The van der Waals surface area contributed by atoms with Gasteiger partial charge in [-0.15, -0.1) is 0 Å². The van der Waals surface area contributed by atoms with Gasteiger partial charge in [-0.05, 0) is 43.5 Å². The van der Waals surface area contributed by atoms with E-state index in [1.54, 1.807) is 0 Å². The molecule has 1 aromatic rings. The predicted molar refractivity (Wildman–Crippen MR) is 73.0 cm³/mol. The highest BCUT2D eigenvalue weighted by Crippen LogP contribution is 2.31. The van der Waals surface area contributed by atoms with Gasteiger partial charge in [0.1, 0.15) is 5.75 Å². The van der Waals surface area contributed by atoms with E-state index in [1.807, 2.05) is 0 Å². The Morgan fingerprint density at radius 1 is 1.29 bits per heavy atom. The molecule has 1 unspecified atom stereocenters. The van der Waals surface area contributed by atoms with Crippen LogP contribution in [0, 0.1) is 11.8 Å². The summed E-state index contributed by atoms with van der Waals surface area (Å²) in [7, 11) is 0. The van der Waals surface area contributed by atoms with Crippen molar-refractivity contribution in [1.29, 1.82) is 0 Å². The summed E-state index contributed by atoms with van der Waals surface area (Å²) in [5.74, 6) is 0.785. The van der Waals surface area contributed by atoms with Crippen molar-refractivity contribution in [3.63, 3.8) is 0 Å². The molecule has 1 fully saturated rings. The molecular weight excluding hydrogens is 283 g/mol. The predicted octanol–water partition coefficient (Wildman–Crippen LogP) is 3.09. The Kier molecular flexibility index (Phi) is 5.47. The Balaban J connectivity index is 1.94. The molecule has 0 bridgehead atoms. The number of benzene rings is 1. The molecular formula is C15H20F3NO2. The van der Waals surface area contributed by atoms with Crippen molar-refractivity contribution in [3.8, 4) is 5.75 Å². The zero-order valence-electron chi connectivity index (χ0n) is 11.7. The highest BCUT2D eigenvalue weighted by atomic mass is 19.4. The highest BCUT2D eigenvalue weighted by molar-refractivity contribution is 5.30. The molecule has 0 spiro atoms. The van der Waals surface area contributed by atoms with E-state index in [0.29, 0.717) is 32.3 Å². The fourth-order valence-corrected chi connectivity index (χ4v) is 2.55. The van der Waals surface area contributed by atoms with Crippen molar-refractivity contribution < 1.29 is 22.6 Å². The molecule has 1 saturated heterocycles. The van der Waals surface area contributed by atoms with Gasteiger partial charge in [-0.1, -0.05) is 6.07 Å². The van der Waals surface area contributed by atoms with Crippen LogP contribution in [-0.4, -0.2) is 26.4 Å². The summed E-state index contributed by atoms with van der Waals surface area (Å²) in [5, 5.41) is 0. The number of alkyl halides is 3. The summed E-state index contributed by atoms with van der Waals surface area (Å²) in [4.78, 5) is 0. The molecule has 1 aliphatic heterocycles. The lowest BCUT2D eigenvalue weighted by atomic mass is 9.86. The number of hydrogen-bond acceptors (Lipinski definition) is 3. The molecule has 1 aromatic carbocycles. The van der Waals surface area contributed by atoms with Gasteiger partial charge in [0.15, 0.2) is 0 Å². The zero-order valence-corrected chi connectivity index (χ0v) is 11.7. The van der Waals surface area contributed by atoms with Crippen LogP contribution >= 0.6 is 0 Å². The molecule has 6 heteroatoms. The zero-order chi connectivity index (χ0) is 15.3. The molecule has 1 atom stereocenters. The highest BCUT2D eigenvalue weighted by Gasteiger charge is 2.30. The number of ether oxygens (including phenoxy) is 2. The van der Waals surface area contributed by atoms with Crippen LogP contribution in [0.4, 0.5) is 13.2 Å².